The molecule has 4 rings (SSSR count). The van der Waals surface area contributed by atoms with Crippen molar-refractivity contribution in [1.82, 2.24) is 9.78 Å². The number of para-hydroxylation sites is 1. The minimum Gasteiger partial charge on any atom is -0.370 e. The third kappa shape index (κ3) is 2.58. The lowest BCUT2D eigenvalue weighted by molar-refractivity contribution is 0.628. The van der Waals surface area contributed by atoms with Crippen molar-refractivity contribution in [2.45, 2.75) is 26.2 Å². The van der Waals surface area contributed by atoms with Gasteiger partial charge in [0.2, 0.25) is 0 Å². The van der Waals surface area contributed by atoms with Crippen molar-refractivity contribution in [2.75, 3.05) is 11.9 Å². The van der Waals surface area contributed by atoms with E-state index in [0.29, 0.717) is 0 Å². The number of rotatable bonds is 2. The fourth-order valence-corrected chi connectivity index (χ4v) is 3.32. The first kappa shape index (κ1) is 14.9. The Morgan fingerprint density at radius 2 is 1.83 bits per heavy atom. The Bertz CT molecular complexity index is 865. The van der Waals surface area contributed by atoms with Gasteiger partial charge in [0.05, 0.1) is 11.4 Å². The Morgan fingerprint density at radius 1 is 1.04 bits per heavy atom. The second-order valence-corrected chi connectivity index (χ2v) is 6.26. The lowest BCUT2D eigenvalue weighted by Crippen LogP contribution is -2.08. The zero-order valence-electron chi connectivity index (χ0n) is 13.7. The standard InChI is InChI=1S/C20H20FN3/c1-14-6-2-3-8-18(14)24-20-17(7-4-5-13-22-20)19(23-24)15-9-11-16(21)12-10-15/h2-3,6,8-12,22H,4-5,7,13H2,1H3. The van der Waals surface area contributed by atoms with Crippen LogP contribution in [0, 0.1) is 12.7 Å². The molecule has 0 saturated heterocycles. The van der Waals surface area contributed by atoms with Crippen molar-refractivity contribution in [1.29, 1.82) is 0 Å². The third-order valence-electron chi connectivity index (χ3n) is 4.59. The van der Waals surface area contributed by atoms with E-state index >= 15 is 0 Å². The molecule has 0 saturated carbocycles. The summed E-state index contributed by atoms with van der Waals surface area (Å²) < 4.78 is 15.3. The van der Waals surface area contributed by atoms with Crippen LogP contribution in [-0.4, -0.2) is 16.3 Å². The summed E-state index contributed by atoms with van der Waals surface area (Å²) in [6.45, 7) is 3.05. The van der Waals surface area contributed by atoms with Crippen molar-refractivity contribution in [2.24, 2.45) is 0 Å². The van der Waals surface area contributed by atoms with Crippen LogP contribution in [0.3, 0.4) is 0 Å². The Hall–Kier alpha value is -2.62. The van der Waals surface area contributed by atoms with E-state index in [0.717, 1.165) is 48.6 Å². The molecule has 2 heterocycles. The number of fused-ring (bicyclic) bond motifs is 1. The molecule has 122 valence electrons. The molecule has 0 bridgehead atoms. The second-order valence-electron chi connectivity index (χ2n) is 6.26. The Balaban J connectivity index is 1.92. The summed E-state index contributed by atoms with van der Waals surface area (Å²) in [6, 6.07) is 14.9. The van der Waals surface area contributed by atoms with Crippen LogP contribution in [0.1, 0.15) is 24.0 Å². The molecule has 4 heteroatoms. The number of halogens is 1. The van der Waals surface area contributed by atoms with Gasteiger partial charge in [-0.3, -0.25) is 0 Å². The molecule has 1 aromatic heterocycles. The summed E-state index contributed by atoms with van der Waals surface area (Å²) in [5, 5.41) is 8.44. The quantitative estimate of drug-likeness (QED) is 0.739. The minimum atomic E-state index is -0.221. The van der Waals surface area contributed by atoms with Gasteiger partial charge in [-0.25, -0.2) is 9.07 Å². The monoisotopic (exact) mass is 321 g/mol. The normalized spacial score (nSPS) is 13.9. The van der Waals surface area contributed by atoms with E-state index < -0.39 is 0 Å². The molecule has 0 atom stereocenters. The molecule has 3 aromatic rings. The van der Waals surface area contributed by atoms with E-state index in [-0.39, 0.29) is 5.82 Å². The summed E-state index contributed by atoms with van der Waals surface area (Å²) in [5.74, 6) is 0.849. The van der Waals surface area contributed by atoms with E-state index in [1.54, 1.807) is 0 Å². The molecule has 0 fully saturated rings. The molecular formula is C20H20FN3. The van der Waals surface area contributed by atoms with Crippen LogP contribution in [0.2, 0.25) is 0 Å². The van der Waals surface area contributed by atoms with Crippen LogP contribution in [-0.2, 0) is 6.42 Å². The molecule has 0 aliphatic carbocycles. The Morgan fingerprint density at radius 3 is 2.62 bits per heavy atom. The summed E-state index contributed by atoms with van der Waals surface area (Å²) in [6.07, 6.45) is 3.26. The molecule has 2 aromatic carbocycles. The van der Waals surface area contributed by atoms with Crippen LogP contribution in [0.25, 0.3) is 16.9 Å². The summed E-state index contributed by atoms with van der Waals surface area (Å²) >= 11 is 0. The van der Waals surface area contributed by atoms with Gasteiger partial charge in [0.1, 0.15) is 11.6 Å². The first-order chi connectivity index (χ1) is 11.7. The highest BCUT2D eigenvalue weighted by molar-refractivity contribution is 5.71. The highest BCUT2D eigenvalue weighted by atomic mass is 19.1. The van der Waals surface area contributed by atoms with E-state index in [2.05, 4.69) is 24.4 Å². The molecule has 1 aliphatic heterocycles. The molecular weight excluding hydrogens is 301 g/mol. The number of benzene rings is 2. The predicted octanol–water partition coefficient (Wildman–Crippen LogP) is 4.74. The third-order valence-corrected chi connectivity index (χ3v) is 4.59. The van der Waals surface area contributed by atoms with Crippen molar-refractivity contribution in [3.05, 3.63) is 65.5 Å². The number of aromatic nitrogens is 2. The zero-order chi connectivity index (χ0) is 16.5. The number of nitrogens with one attached hydrogen (secondary N) is 1. The number of nitrogens with zero attached hydrogens (tertiary/aromatic N) is 2. The Kier molecular flexibility index (Phi) is 3.81. The van der Waals surface area contributed by atoms with Gasteiger partial charge in [-0.1, -0.05) is 18.2 Å². The number of anilines is 1. The molecule has 0 unspecified atom stereocenters. The van der Waals surface area contributed by atoms with Gasteiger partial charge in [0, 0.05) is 17.7 Å². The van der Waals surface area contributed by atoms with Crippen molar-refractivity contribution >= 4 is 5.82 Å². The van der Waals surface area contributed by atoms with Crippen LogP contribution < -0.4 is 5.32 Å². The SMILES string of the molecule is Cc1ccccc1-n1nc(-c2ccc(F)cc2)c2c1NCCCC2. The van der Waals surface area contributed by atoms with Crippen molar-refractivity contribution in [3.63, 3.8) is 0 Å². The van der Waals surface area contributed by atoms with Gasteiger partial charge in [-0.2, -0.15) is 5.10 Å². The zero-order valence-corrected chi connectivity index (χ0v) is 13.7. The topological polar surface area (TPSA) is 29.9 Å². The van der Waals surface area contributed by atoms with Crippen molar-refractivity contribution in [3.8, 4) is 16.9 Å². The molecule has 24 heavy (non-hydrogen) atoms. The van der Waals surface area contributed by atoms with Gasteiger partial charge < -0.3 is 5.32 Å². The minimum absolute atomic E-state index is 0.221. The van der Waals surface area contributed by atoms with E-state index in [1.165, 1.54) is 23.3 Å². The molecule has 3 nitrogen and oxygen atoms in total. The fraction of sp³-hybridized carbons (Fsp3) is 0.250. The maximum Gasteiger partial charge on any atom is 0.133 e. The van der Waals surface area contributed by atoms with Gasteiger partial charge in [0.15, 0.2) is 0 Å². The maximum atomic E-state index is 13.3. The molecule has 0 radical (unpaired) electrons. The lowest BCUT2D eigenvalue weighted by atomic mass is 10.0. The summed E-state index contributed by atoms with van der Waals surface area (Å²) in [7, 11) is 0. The number of hydrogen-bond acceptors (Lipinski definition) is 2. The highest BCUT2D eigenvalue weighted by Crippen LogP contribution is 2.34. The van der Waals surface area contributed by atoms with Gasteiger partial charge in [-0.15, -0.1) is 0 Å². The smallest absolute Gasteiger partial charge is 0.133 e. The van der Waals surface area contributed by atoms with Gasteiger partial charge in [-0.05, 0) is 62.1 Å². The highest BCUT2D eigenvalue weighted by Gasteiger charge is 2.22. The first-order valence-corrected chi connectivity index (χ1v) is 8.42. The average molecular weight is 321 g/mol. The van der Waals surface area contributed by atoms with Gasteiger partial charge >= 0.3 is 0 Å². The molecule has 1 aliphatic rings. The van der Waals surface area contributed by atoms with Crippen LogP contribution in [0.4, 0.5) is 10.2 Å². The Labute approximate surface area is 141 Å². The molecule has 1 N–H and O–H groups in total. The average Bonchev–Trinajstić information content (AvgIpc) is 2.78. The maximum absolute atomic E-state index is 13.3. The summed E-state index contributed by atoms with van der Waals surface area (Å²) in [4.78, 5) is 0. The van der Waals surface area contributed by atoms with Gasteiger partial charge in [0.25, 0.3) is 0 Å². The largest absolute Gasteiger partial charge is 0.370 e. The van der Waals surface area contributed by atoms with Crippen molar-refractivity contribution < 1.29 is 4.39 Å². The summed E-state index contributed by atoms with van der Waals surface area (Å²) in [5.41, 5.74) is 5.39. The van der Waals surface area contributed by atoms with E-state index in [4.69, 9.17) is 5.10 Å². The molecule has 0 spiro atoms. The second kappa shape index (κ2) is 6.11. The number of aryl methyl sites for hydroxylation is 1. The van der Waals surface area contributed by atoms with Crippen LogP contribution in [0.15, 0.2) is 48.5 Å². The van der Waals surface area contributed by atoms with E-state index in [1.807, 2.05) is 28.9 Å². The van der Waals surface area contributed by atoms with E-state index in [9.17, 15) is 4.39 Å². The predicted molar refractivity (Wildman–Crippen MR) is 95.1 cm³/mol. The number of hydrogen-bond donors (Lipinski definition) is 1. The first-order valence-electron chi connectivity index (χ1n) is 8.42. The fourth-order valence-electron chi connectivity index (χ4n) is 3.32. The molecule has 0 amide bonds. The van der Waals surface area contributed by atoms with Crippen LogP contribution in [0.5, 0.6) is 0 Å². The van der Waals surface area contributed by atoms with Crippen LogP contribution >= 0.6 is 0 Å². The lowest BCUT2D eigenvalue weighted by Gasteiger charge is -2.11.